The van der Waals surface area contributed by atoms with E-state index in [0.717, 1.165) is 31.5 Å². The first-order chi connectivity index (χ1) is 11.7. The maximum atomic E-state index is 12.2. The maximum Gasteiger partial charge on any atom is 0.340 e. The number of ether oxygens (including phenoxy) is 1. The fraction of sp³-hybridized carbons (Fsp3) is 0.263. The van der Waals surface area contributed by atoms with E-state index in [4.69, 9.17) is 4.74 Å². The molecular weight excluding hydrogens is 304 g/mol. The topological polar surface area (TPSA) is 62.4 Å². The van der Waals surface area contributed by atoms with Crippen LogP contribution in [0.25, 0.3) is 6.08 Å². The second-order valence-corrected chi connectivity index (χ2v) is 5.71. The summed E-state index contributed by atoms with van der Waals surface area (Å²) in [6, 6.07) is 11.4. The van der Waals surface area contributed by atoms with E-state index in [2.05, 4.69) is 4.98 Å². The van der Waals surface area contributed by atoms with Crippen molar-refractivity contribution in [3.8, 4) is 0 Å². The van der Waals surface area contributed by atoms with Crippen LogP contribution in [0.15, 0.2) is 48.7 Å². The number of nitrogens with one attached hydrogen (secondary N) is 1. The van der Waals surface area contributed by atoms with Crippen LogP contribution in [0.4, 0.5) is 0 Å². The van der Waals surface area contributed by atoms with Crippen LogP contribution in [-0.2, 0) is 4.74 Å². The first-order valence-corrected chi connectivity index (χ1v) is 8.10. The van der Waals surface area contributed by atoms with Gasteiger partial charge in [0.1, 0.15) is 12.3 Å². The number of likely N-dealkylation sites (tertiary alicyclic amines) is 1. The highest BCUT2D eigenvalue weighted by molar-refractivity contribution is 5.97. The summed E-state index contributed by atoms with van der Waals surface area (Å²) in [5.41, 5.74) is 1.85. The number of hydrogen-bond acceptors (Lipinski definition) is 3. The summed E-state index contributed by atoms with van der Waals surface area (Å²) in [7, 11) is 0. The predicted octanol–water partition coefficient (Wildman–Crippen LogP) is 3.12. The summed E-state index contributed by atoms with van der Waals surface area (Å²) in [5, 5.41) is 0. The Labute approximate surface area is 140 Å². The number of rotatable bonds is 5. The van der Waals surface area contributed by atoms with Gasteiger partial charge in [0.15, 0.2) is 0 Å². The largest absolute Gasteiger partial charge is 0.458 e. The van der Waals surface area contributed by atoms with Crippen molar-refractivity contribution in [1.82, 2.24) is 9.88 Å². The minimum Gasteiger partial charge on any atom is -0.458 e. The molecule has 124 valence electrons. The van der Waals surface area contributed by atoms with E-state index in [1.165, 1.54) is 6.20 Å². The molecule has 0 unspecified atom stereocenters. The lowest BCUT2D eigenvalue weighted by Gasteiger charge is -2.13. The van der Waals surface area contributed by atoms with E-state index in [0.29, 0.717) is 11.3 Å². The second-order valence-electron chi connectivity index (χ2n) is 5.71. The first-order valence-electron chi connectivity index (χ1n) is 8.10. The third-order valence-corrected chi connectivity index (χ3v) is 3.96. The summed E-state index contributed by atoms with van der Waals surface area (Å²) in [5.74, 6) is -0.500. The molecular formula is C19H20N2O3. The molecule has 1 aromatic carbocycles. The highest BCUT2D eigenvalue weighted by atomic mass is 16.5. The number of H-pyrrole nitrogens is 1. The first kappa shape index (κ1) is 16.1. The summed E-state index contributed by atoms with van der Waals surface area (Å²) >= 11 is 0. The molecule has 1 aliphatic heterocycles. The Morgan fingerprint density at radius 2 is 1.92 bits per heavy atom. The van der Waals surface area contributed by atoms with E-state index < -0.39 is 5.97 Å². The second kappa shape index (κ2) is 7.64. The van der Waals surface area contributed by atoms with Crippen molar-refractivity contribution in [3.63, 3.8) is 0 Å². The van der Waals surface area contributed by atoms with Crippen LogP contribution in [0.1, 0.15) is 39.3 Å². The average Bonchev–Trinajstić information content (AvgIpc) is 3.30. The summed E-state index contributed by atoms with van der Waals surface area (Å²) in [4.78, 5) is 28.9. The van der Waals surface area contributed by atoms with Gasteiger partial charge in [0, 0.05) is 19.3 Å². The van der Waals surface area contributed by atoms with Crippen molar-refractivity contribution in [2.24, 2.45) is 0 Å². The SMILES string of the molecule is O=C(OC/C=C\c1ccccc1)c1c[nH]c(C(=O)N2CCCC2)c1. The van der Waals surface area contributed by atoms with Gasteiger partial charge in [0.2, 0.25) is 0 Å². The van der Waals surface area contributed by atoms with Gasteiger partial charge in [-0.25, -0.2) is 4.79 Å². The lowest BCUT2D eigenvalue weighted by molar-refractivity contribution is 0.0550. The Morgan fingerprint density at radius 3 is 2.67 bits per heavy atom. The molecule has 0 radical (unpaired) electrons. The number of esters is 1. The van der Waals surface area contributed by atoms with E-state index in [1.807, 2.05) is 36.4 Å². The van der Waals surface area contributed by atoms with Gasteiger partial charge in [-0.05, 0) is 30.5 Å². The molecule has 0 spiro atoms. The smallest absolute Gasteiger partial charge is 0.340 e. The number of nitrogens with zero attached hydrogens (tertiary/aromatic N) is 1. The van der Waals surface area contributed by atoms with Gasteiger partial charge in [-0.3, -0.25) is 4.79 Å². The van der Waals surface area contributed by atoms with Crippen molar-refractivity contribution in [1.29, 1.82) is 0 Å². The van der Waals surface area contributed by atoms with Crippen molar-refractivity contribution in [2.45, 2.75) is 12.8 Å². The highest BCUT2D eigenvalue weighted by Crippen LogP contribution is 2.13. The summed E-state index contributed by atoms with van der Waals surface area (Å²) in [6.45, 7) is 1.75. The lowest BCUT2D eigenvalue weighted by atomic mass is 10.2. The number of hydrogen-bond donors (Lipinski definition) is 1. The van der Waals surface area contributed by atoms with Crippen LogP contribution in [0.3, 0.4) is 0 Å². The van der Waals surface area contributed by atoms with Crippen LogP contribution >= 0.6 is 0 Å². The number of aromatic amines is 1. The van der Waals surface area contributed by atoms with E-state index in [-0.39, 0.29) is 12.5 Å². The average molecular weight is 324 g/mol. The molecule has 1 fully saturated rings. The monoisotopic (exact) mass is 324 g/mol. The minimum absolute atomic E-state index is 0.0597. The van der Waals surface area contributed by atoms with Crippen molar-refractivity contribution in [3.05, 3.63) is 65.5 Å². The van der Waals surface area contributed by atoms with E-state index >= 15 is 0 Å². The van der Waals surface area contributed by atoms with Gasteiger partial charge in [-0.2, -0.15) is 0 Å². The molecule has 5 heteroatoms. The molecule has 2 aromatic rings. The van der Waals surface area contributed by atoms with Gasteiger partial charge >= 0.3 is 5.97 Å². The molecule has 1 N–H and O–H groups in total. The van der Waals surface area contributed by atoms with Crippen molar-refractivity contribution in [2.75, 3.05) is 19.7 Å². The molecule has 3 rings (SSSR count). The molecule has 24 heavy (non-hydrogen) atoms. The van der Waals surface area contributed by atoms with Crippen molar-refractivity contribution >= 4 is 18.0 Å². The number of carbonyl (C=O) groups excluding carboxylic acids is 2. The van der Waals surface area contributed by atoms with Crippen LogP contribution in [-0.4, -0.2) is 41.5 Å². The molecule has 0 saturated carbocycles. The van der Waals surface area contributed by atoms with Crippen LogP contribution in [0, 0.1) is 0 Å². The molecule has 0 bridgehead atoms. The molecule has 1 saturated heterocycles. The summed E-state index contributed by atoms with van der Waals surface area (Å²) in [6.07, 6.45) is 7.28. The van der Waals surface area contributed by atoms with E-state index in [9.17, 15) is 9.59 Å². The van der Waals surface area contributed by atoms with Crippen LogP contribution < -0.4 is 0 Å². The Hall–Kier alpha value is -2.82. The molecule has 5 nitrogen and oxygen atoms in total. The third kappa shape index (κ3) is 3.93. The zero-order chi connectivity index (χ0) is 16.8. The number of aromatic nitrogens is 1. The Morgan fingerprint density at radius 1 is 1.17 bits per heavy atom. The lowest BCUT2D eigenvalue weighted by Crippen LogP contribution is -2.27. The summed E-state index contributed by atoms with van der Waals surface area (Å²) < 4.78 is 5.20. The fourth-order valence-electron chi connectivity index (χ4n) is 2.68. The standard InChI is InChI=1S/C19H20N2O3/c22-18(21-10-4-5-11-21)17-13-16(14-20-17)19(23)24-12-6-9-15-7-2-1-3-8-15/h1-3,6-9,13-14,20H,4-5,10-12H2/b9-6-. The predicted molar refractivity (Wildman–Crippen MR) is 91.7 cm³/mol. The highest BCUT2D eigenvalue weighted by Gasteiger charge is 2.21. The van der Waals surface area contributed by atoms with Crippen LogP contribution in [0.2, 0.25) is 0 Å². The Bertz CT molecular complexity index is 728. The Kier molecular flexibility index (Phi) is 5.11. The Balaban J connectivity index is 1.52. The zero-order valence-corrected chi connectivity index (χ0v) is 13.4. The van der Waals surface area contributed by atoms with Crippen molar-refractivity contribution < 1.29 is 14.3 Å². The number of benzene rings is 1. The molecule has 1 aliphatic rings. The van der Waals surface area contributed by atoms with Gasteiger partial charge < -0.3 is 14.6 Å². The quantitative estimate of drug-likeness (QED) is 0.860. The maximum absolute atomic E-state index is 12.2. The van der Waals surface area contributed by atoms with Gasteiger partial charge in [0.25, 0.3) is 5.91 Å². The molecule has 1 amide bonds. The van der Waals surface area contributed by atoms with Gasteiger partial charge in [-0.15, -0.1) is 0 Å². The van der Waals surface area contributed by atoms with Gasteiger partial charge in [-0.1, -0.05) is 36.4 Å². The molecule has 0 aliphatic carbocycles. The molecule has 2 heterocycles. The third-order valence-electron chi connectivity index (χ3n) is 3.96. The van der Waals surface area contributed by atoms with Crippen LogP contribution in [0.5, 0.6) is 0 Å². The minimum atomic E-state index is -0.440. The number of carbonyl (C=O) groups is 2. The molecule has 0 atom stereocenters. The van der Waals surface area contributed by atoms with E-state index in [1.54, 1.807) is 17.0 Å². The fourth-order valence-corrected chi connectivity index (χ4v) is 2.68. The van der Waals surface area contributed by atoms with Gasteiger partial charge in [0.05, 0.1) is 5.56 Å². The molecule has 1 aromatic heterocycles. The normalized spacial score (nSPS) is 14.2. The zero-order valence-electron chi connectivity index (χ0n) is 13.4. The number of amides is 1.